The van der Waals surface area contributed by atoms with Gasteiger partial charge in [0.2, 0.25) is 5.91 Å². The number of rotatable bonds is 29. The third kappa shape index (κ3) is 27.4. The zero-order chi connectivity index (χ0) is 27.5. The molecule has 1 amide bonds. The normalized spacial score (nSPS) is 13.9. The van der Waals surface area contributed by atoms with Crippen LogP contribution in [0.4, 0.5) is 0 Å². The van der Waals surface area contributed by atoms with Gasteiger partial charge in [0.1, 0.15) is 0 Å². The number of amides is 1. The van der Waals surface area contributed by atoms with Crippen molar-refractivity contribution in [2.45, 2.75) is 142 Å². The number of carbonyl (C=O) groups is 1. The summed E-state index contributed by atoms with van der Waals surface area (Å²) < 4.78 is 27.3. The topological polar surface area (TPSA) is 94.1 Å². The summed E-state index contributed by atoms with van der Waals surface area (Å²) in [5.74, 6) is -0.0197. The van der Waals surface area contributed by atoms with Crippen LogP contribution in [0.3, 0.4) is 0 Å². The highest BCUT2D eigenvalue weighted by atomic mass is 79.9. The average Bonchev–Trinajstić information content (AvgIpc) is 2.88. The largest absolute Gasteiger partial charge is 0.472 e. The van der Waals surface area contributed by atoms with Gasteiger partial charge in [-0.15, -0.1) is 0 Å². The molecular weight excluding hydrogens is 557 g/mol. The molecule has 0 rings (SSSR count). The summed E-state index contributed by atoms with van der Waals surface area (Å²) in [5, 5.41) is 3.30. The van der Waals surface area contributed by atoms with Crippen LogP contribution in [0.5, 0.6) is 0 Å². The van der Waals surface area contributed by atoms with E-state index >= 15 is 0 Å². The van der Waals surface area contributed by atoms with Crippen LogP contribution in [0.15, 0.2) is 0 Å². The van der Waals surface area contributed by atoms with Crippen LogP contribution in [0.25, 0.3) is 0 Å². The van der Waals surface area contributed by atoms with E-state index in [1.807, 2.05) is 6.92 Å². The van der Waals surface area contributed by atoms with Gasteiger partial charge in [-0.3, -0.25) is 13.8 Å². The van der Waals surface area contributed by atoms with Crippen molar-refractivity contribution in [3.8, 4) is 0 Å². The molecule has 0 aliphatic carbocycles. The van der Waals surface area contributed by atoms with Gasteiger partial charge in [-0.1, -0.05) is 133 Å². The van der Waals surface area contributed by atoms with Crippen LogP contribution in [0.1, 0.15) is 136 Å². The molecule has 0 aromatic heterocycles. The lowest BCUT2D eigenvalue weighted by Crippen LogP contribution is -2.36. The van der Waals surface area contributed by atoms with Crippen LogP contribution < -0.4 is 5.32 Å². The van der Waals surface area contributed by atoms with E-state index in [4.69, 9.17) is 13.8 Å². The van der Waals surface area contributed by atoms with Gasteiger partial charge in [0, 0.05) is 24.9 Å². The molecule has 0 saturated carbocycles. The second-order valence-electron chi connectivity index (χ2n) is 9.99. The van der Waals surface area contributed by atoms with E-state index in [2.05, 4.69) is 28.2 Å². The van der Waals surface area contributed by atoms with Gasteiger partial charge in [0.25, 0.3) is 0 Å². The summed E-state index contributed by atoms with van der Waals surface area (Å²) >= 11 is 3.13. The number of phosphoric acid groups is 1. The Morgan fingerprint density at radius 1 is 0.757 bits per heavy atom. The number of hydrogen-bond donors (Lipinski definition) is 2. The number of ether oxygens (including phenoxy) is 1. The number of unbranched alkanes of at least 4 members (excludes halogenated alkanes) is 16. The third-order valence-electron chi connectivity index (χ3n) is 6.35. The molecule has 2 unspecified atom stereocenters. The average molecular weight is 615 g/mol. The first-order valence-corrected chi connectivity index (χ1v) is 17.6. The summed E-state index contributed by atoms with van der Waals surface area (Å²) in [4.78, 5) is 21.8. The minimum atomic E-state index is -4.11. The molecule has 0 aromatic rings. The standard InChI is InChI=1S/C28H57BrNO6P/c1-3-5-6-7-8-9-10-11-12-13-14-15-16-17-18-19-20-21-28(31)30-25-27(34-23-4-2)26-36-37(32,33)35-24-22-29/h27H,3-26H2,1-2H3,(H,30,31)(H,32,33). The monoisotopic (exact) mass is 613 g/mol. The van der Waals surface area contributed by atoms with Crippen molar-refractivity contribution in [3.05, 3.63) is 0 Å². The first-order chi connectivity index (χ1) is 17.9. The predicted molar refractivity (Wildman–Crippen MR) is 157 cm³/mol. The van der Waals surface area contributed by atoms with Gasteiger partial charge in [0.05, 0.1) is 19.3 Å². The number of halogens is 1. The Kier molecular flexibility index (Phi) is 27.6. The fourth-order valence-electron chi connectivity index (χ4n) is 4.14. The fraction of sp³-hybridized carbons (Fsp3) is 0.964. The van der Waals surface area contributed by atoms with E-state index in [9.17, 15) is 14.3 Å². The molecule has 0 spiro atoms. The van der Waals surface area contributed by atoms with Crippen LogP contribution in [-0.4, -0.2) is 48.6 Å². The Hall–Kier alpha value is 0.0200. The molecule has 2 N–H and O–H groups in total. The molecule has 0 aliphatic heterocycles. The first-order valence-electron chi connectivity index (χ1n) is 15.0. The van der Waals surface area contributed by atoms with E-state index in [1.165, 1.54) is 96.3 Å². The second kappa shape index (κ2) is 27.6. The molecule has 222 valence electrons. The summed E-state index contributed by atoms with van der Waals surface area (Å²) in [7, 11) is -4.11. The zero-order valence-electron chi connectivity index (χ0n) is 23.9. The SMILES string of the molecule is CCCCCCCCCCCCCCCCCCCC(=O)NCC(COP(=O)(O)OCCBr)OCCC. The smallest absolute Gasteiger partial charge is 0.374 e. The lowest BCUT2D eigenvalue weighted by molar-refractivity contribution is -0.122. The van der Waals surface area contributed by atoms with Gasteiger partial charge >= 0.3 is 7.82 Å². The summed E-state index contributed by atoms with van der Waals surface area (Å²) in [6.45, 7) is 4.94. The fourth-order valence-corrected chi connectivity index (χ4v) is 5.30. The lowest BCUT2D eigenvalue weighted by atomic mass is 10.0. The molecule has 7 nitrogen and oxygen atoms in total. The zero-order valence-corrected chi connectivity index (χ0v) is 26.3. The van der Waals surface area contributed by atoms with Crippen molar-refractivity contribution in [1.29, 1.82) is 0 Å². The Morgan fingerprint density at radius 2 is 1.24 bits per heavy atom. The minimum absolute atomic E-state index is 0.0197. The maximum absolute atomic E-state index is 12.2. The highest BCUT2D eigenvalue weighted by Crippen LogP contribution is 2.43. The molecule has 2 atom stereocenters. The molecular formula is C28H57BrNO6P. The van der Waals surface area contributed by atoms with Crippen LogP contribution in [-0.2, 0) is 23.1 Å². The highest BCUT2D eigenvalue weighted by molar-refractivity contribution is 9.09. The van der Waals surface area contributed by atoms with Crippen molar-refractivity contribution in [2.24, 2.45) is 0 Å². The predicted octanol–water partition coefficient (Wildman–Crippen LogP) is 8.47. The molecule has 0 bridgehead atoms. The van der Waals surface area contributed by atoms with Crippen LogP contribution in [0, 0.1) is 0 Å². The van der Waals surface area contributed by atoms with Gasteiger partial charge in [0.15, 0.2) is 0 Å². The Morgan fingerprint density at radius 3 is 1.70 bits per heavy atom. The van der Waals surface area contributed by atoms with E-state index in [0.717, 1.165) is 19.3 Å². The van der Waals surface area contributed by atoms with Crippen molar-refractivity contribution < 1.29 is 28.0 Å². The van der Waals surface area contributed by atoms with E-state index in [-0.39, 0.29) is 25.7 Å². The molecule has 0 heterocycles. The molecule has 0 aromatic carbocycles. The summed E-state index contributed by atoms with van der Waals surface area (Å²) in [6.07, 6.45) is 23.2. The number of carbonyl (C=O) groups excluding carboxylic acids is 1. The number of alkyl halides is 1. The van der Waals surface area contributed by atoms with E-state index in [0.29, 0.717) is 18.4 Å². The van der Waals surface area contributed by atoms with E-state index in [1.54, 1.807) is 0 Å². The van der Waals surface area contributed by atoms with Crippen LogP contribution in [0.2, 0.25) is 0 Å². The van der Waals surface area contributed by atoms with Crippen molar-refractivity contribution in [3.63, 3.8) is 0 Å². The highest BCUT2D eigenvalue weighted by Gasteiger charge is 2.23. The maximum atomic E-state index is 12.2. The van der Waals surface area contributed by atoms with Gasteiger partial charge in [-0.2, -0.15) is 0 Å². The Labute approximate surface area is 236 Å². The quantitative estimate of drug-likeness (QED) is 0.0499. The molecule has 0 saturated heterocycles. The summed E-state index contributed by atoms with van der Waals surface area (Å²) in [6, 6.07) is 0. The molecule has 0 radical (unpaired) electrons. The maximum Gasteiger partial charge on any atom is 0.472 e. The third-order valence-corrected chi connectivity index (χ3v) is 7.66. The number of nitrogens with one attached hydrogen (secondary N) is 1. The van der Waals surface area contributed by atoms with Crippen LogP contribution >= 0.6 is 23.8 Å². The number of phosphoric ester groups is 1. The Balaban J connectivity index is 3.65. The molecule has 9 heteroatoms. The first kappa shape index (κ1) is 37.0. The molecule has 0 fully saturated rings. The molecule has 0 aliphatic rings. The van der Waals surface area contributed by atoms with Crippen molar-refractivity contribution >= 4 is 29.7 Å². The van der Waals surface area contributed by atoms with Crippen molar-refractivity contribution in [2.75, 3.05) is 31.7 Å². The van der Waals surface area contributed by atoms with Gasteiger partial charge in [-0.25, -0.2) is 4.57 Å². The molecule has 37 heavy (non-hydrogen) atoms. The summed E-state index contributed by atoms with van der Waals surface area (Å²) in [5.41, 5.74) is 0. The lowest BCUT2D eigenvalue weighted by Gasteiger charge is -2.20. The van der Waals surface area contributed by atoms with E-state index < -0.39 is 13.9 Å². The number of hydrogen-bond acceptors (Lipinski definition) is 5. The second-order valence-corrected chi connectivity index (χ2v) is 12.2. The van der Waals surface area contributed by atoms with Gasteiger partial charge in [-0.05, 0) is 12.8 Å². The van der Waals surface area contributed by atoms with Crippen molar-refractivity contribution in [1.82, 2.24) is 5.32 Å². The minimum Gasteiger partial charge on any atom is -0.374 e. The van der Waals surface area contributed by atoms with Gasteiger partial charge < -0.3 is 14.9 Å². The Bertz CT molecular complexity index is 555.